The summed E-state index contributed by atoms with van der Waals surface area (Å²) in [5, 5.41) is 24.0. The van der Waals surface area contributed by atoms with Crippen LogP contribution in [0.25, 0.3) is 0 Å². The van der Waals surface area contributed by atoms with E-state index in [1.54, 1.807) is 0 Å². The molecule has 36 heavy (non-hydrogen) atoms. The van der Waals surface area contributed by atoms with E-state index in [2.05, 4.69) is 79.7 Å². The van der Waals surface area contributed by atoms with Gasteiger partial charge in [-0.1, -0.05) is 144 Å². The Bertz CT molecular complexity index is 1150. The summed E-state index contributed by atoms with van der Waals surface area (Å²) >= 11 is 0. The van der Waals surface area contributed by atoms with Gasteiger partial charge in [-0.25, -0.2) is 0 Å². The molecule has 0 amide bonds. The van der Waals surface area contributed by atoms with Gasteiger partial charge in [-0.2, -0.15) is 0 Å². The highest BCUT2D eigenvalue weighted by molar-refractivity contribution is 7.48. The molecule has 0 saturated heterocycles. The van der Waals surface area contributed by atoms with Gasteiger partial charge in [-0.05, 0) is 44.8 Å². The molecule has 0 heterocycles. The number of aliphatic hydroxyl groups is 1. The van der Waals surface area contributed by atoms with Gasteiger partial charge in [0.05, 0.1) is 0 Å². The first kappa shape index (κ1) is 28.4. The Morgan fingerprint density at radius 1 is 0.778 bits per heavy atom. The summed E-state index contributed by atoms with van der Waals surface area (Å²) in [4.78, 5) is 0. The average Bonchev–Trinajstić information content (AvgIpc) is 2.82. The molecule has 3 heteroatoms. The molecular formula is C33H45O2P. The van der Waals surface area contributed by atoms with Gasteiger partial charge in [0.1, 0.15) is 11.9 Å². The predicted molar refractivity (Wildman–Crippen MR) is 157 cm³/mol. The third-order valence-electron chi connectivity index (χ3n) is 7.19. The summed E-state index contributed by atoms with van der Waals surface area (Å²) in [6.45, 7) is 17.8. The number of hydrogen-bond donors (Lipinski definition) is 2. The van der Waals surface area contributed by atoms with E-state index < -0.39 is 6.10 Å². The van der Waals surface area contributed by atoms with Gasteiger partial charge < -0.3 is 10.2 Å². The first-order valence-electron chi connectivity index (χ1n) is 13.3. The van der Waals surface area contributed by atoms with Crippen LogP contribution in [-0.4, -0.2) is 10.2 Å². The molecule has 0 saturated carbocycles. The minimum Gasteiger partial charge on any atom is -0.507 e. The molecule has 0 aromatic heterocycles. The van der Waals surface area contributed by atoms with E-state index in [4.69, 9.17) is 0 Å². The van der Waals surface area contributed by atoms with E-state index in [0.29, 0.717) is 14.3 Å². The summed E-state index contributed by atoms with van der Waals surface area (Å²) in [7, 11) is 0.408. The fraction of sp³-hybridized carbons (Fsp3) is 0.455. The predicted octanol–water partition coefficient (Wildman–Crippen LogP) is 8.48. The van der Waals surface area contributed by atoms with Crippen LogP contribution < -0.4 is 5.30 Å². The quantitative estimate of drug-likeness (QED) is 0.302. The second kappa shape index (κ2) is 11.1. The summed E-state index contributed by atoms with van der Waals surface area (Å²) < 4.78 is 0. The number of hydrogen-bond acceptors (Lipinski definition) is 2. The van der Waals surface area contributed by atoms with Gasteiger partial charge in [0.15, 0.2) is 0 Å². The zero-order valence-corrected chi connectivity index (χ0v) is 24.4. The van der Waals surface area contributed by atoms with E-state index in [-0.39, 0.29) is 16.0 Å². The highest BCUT2D eigenvalue weighted by Crippen LogP contribution is 2.52. The molecule has 3 atom stereocenters. The lowest BCUT2D eigenvalue weighted by Gasteiger charge is -2.36. The molecule has 0 aliphatic rings. The van der Waals surface area contributed by atoms with Crippen molar-refractivity contribution in [2.24, 2.45) is 0 Å². The van der Waals surface area contributed by atoms with Crippen LogP contribution in [0.1, 0.15) is 109 Å². The Balaban J connectivity index is 2.19. The minimum absolute atomic E-state index is 0.0291. The zero-order chi connectivity index (χ0) is 26.7. The monoisotopic (exact) mass is 504 g/mol. The number of rotatable bonds is 8. The topological polar surface area (TPSA) is 40.5 Å². The van der Waals surface area contributed by atoms with Gasteiger partial charge >= 0.3 is 0 Å². The van der Waals surface area contributed by atoms with Crippen molar-refractivity contribution in [1.82, 2.24) is 0 Å². The molecule has 3 rings (SSSR count). The third kappa shape index (κ3) is 6.39. The number of phenolic OH excluding ortho intramolecular Hbond substituents is 1. The lowest BCUT2D eigenvalue weighted by molar-refractivity contribution is 0.221. The van der Waals surface area contributed by atoms with Gasteiger partial charge in [0, 0.05) is 10.7 Å². The summed E-state index contributed by atoms with van der Waals surface area (Å²) in [5.74, 6) is 0.433. The molecule has 3 aromatic carbocycles. The molecule has 2 N–H and O–H groups in total. The van der Waals surface area contributed by atoms with Crippen LogP contribution in [-0.2, 0) is 16.0 Å². The molecule has 2 nitrogen and oxygen atoms in total. The summed E-state index contributed by atoms with van der Waals surface area (Å²) in [5.41, 5.74) is 4.95. The summed E-state index contributed by atoms with van der Waals surface area (Å²) in [6, 6.07) is 22.6. The lowest BCUT2D eigenvalue weighted by Crippen LogP contribution is -2.25. The van der Waals surface area contributed by atoms with E-state index in [0.717, 1.165) is 46.8 Å². The van der Waals surface area contributed by atoms with Gasteiger partial charge in [0.25, 0.3) is 0 Å². The van der Waals surface area contributed by atoms with Crippen LogP contribution in [0.3, 0.4) is 0 Å². The Morgan fingerprint density at radius 2 is 1.36 bits per heavy atom. The van der Waals surface area contributed by atoms with Gasteiger partial charge in [0.2, 0.25) is 0 Å². The van der Waals surface area contributed by atoms with Crippen LogP contribution in [0.4, 0.5) is 0 Å². The number of aromatic hydroxyl groups is 1. The second-order valence-corrected chi connectivity index (χ2v) is 14.3. The van der Waals surface area contributed by atoms with Crippen molar-refractivity contribution in [3.05, 3.63) is 94.5 Å². The van der Waals surface area contributed by atoms with Crippen molar-refractivity contribution >= 4 is 13.9 Å². The SMILES string of the molecule is CCCCC(C)(Pc1ccccc1C(O)c1ccccc1)c1cc(C(C)(C)C)cc(C(C)(C)C)c1O. The molecule has 0 aliphatic heterocycles. The van der Waals surface area contributed by atoms with E-state index in [1.807, 2.05) is 42.5 Å². The molecule has 3 aromatic rings. The molecule has 0 fully saturated rings. The summed E-state index contributed by atoms with van der Waals surface area (Å²) in [6.07, 6.45) is 2.48. The Labute approximate surface area is 221 Å². The van der Waals surface area contributed by atoms with Crippen LogP contribution in [0.5, 0.6) is 5.75 Å². The fourth-order valence-electron chi connectivity index (χ4n) is 4.82. The van der Waals surface area contributed by atoms with Crippen molar-refractivity contribution in [2.45, 2.75) is 96.7 Å². The number of benzene rings is 3. The molecular weight excluding hydrogens is 459 g/mol. The number of phenols is 1. The standard InChI is InChI=1S/C33H45O2P/c1-9-10-20-33(8,27-22-24(31(2,3)4)21-26(30(27)35)32(5,6)7)36-28-19-15-14-18-25(28)29(34)23-16-12-11-13-17-23/h11-19,21-22,29,34-36H,9-10,20H2,1-8H3. The normalized spacial score (nSPS) is 15.2. The van der Waals surface area contributed by atoms with Crippen molar-refractivity contribution in [3.8, 4) is 5.75 Å². The maximum absolute atomic E-state index is 11.7. The number of aliphatic hydroxyl groups excluding tert-OH is 1. The zero-order valence-electron chi connectivity index (χ0n) is 23.4. The lowest BCUT2D eigenvalue weighted by atomic mass is 9.77. The Kier molecular flexibility index (Phi) is 8.74. The maximum atomic E-state index is 11.7. The second-order valence-electron chi connectivity index (χ2n) is 12.4. The highest BCUT2D eigenvalue weighted by Gasteiger charge is 2.35. The van der Waals surface area contributed by atoms with Crippen LogP contribution in [0, 0.1) is 0 Å². The maximum Gasteiger partial charge on any atom is 0.123 e. The van der Waals surface area contributed by atoms with Crippen LogP contribution >= 0.6 is 8.58 Å². The van der Waals surface area contributed by atoms with Gasteiger partial charge in [-0.15, -0.1) is 0 Å². The van der Waals surface area contributed by atoms with Crippen LogP contribution in [0.15, 0.2) is 66.7 Å². The molecule has 3 unspecified atom stereocenters. The van der Waals surface area contributed by atoms with Crippen molar-refractivity contribution in [2.75, 3.05) is 0 Å². The third-order valence-corrected chi connectivity index (χ3v) is 8.99. The fourth-order valence-corrected chi connectivity index (χ4v) is 6.58. The smallest absolute Gasteiger partial charge is 0.123 e. The largest absolute Gasteiger partial charge is 0.507 e. The van der Waals surface area contributed by atoms with Crippen molar-refractivity contribution < 1.29 is 10.2 Å². The minimum atomic E-state index is -0.676. The molecule has 0 aliphatic carbocycles. The Morgan fingerprint density at radius 3 is 1.94 bits per heavy atom. The van der Waals surface area contributed by atoms with Crippen molar-refractivity contribution in [3.63, 3.8) is 0 Å². The van der Waals surface area contributed by atoms with E-state index in [9.17, 15) is 10.2 Å². The van der Waals surface area contributed by atoms with Crippen molar-refractivity contribution in [1.29, 1.82) is 0 Å². The van der Waals surface area contributed by atoms with E-state index >= 15 is 0 Å². The first-order chi connectivity index (χ1) is 16.8. The average molecular weight is 505 g/mol. The number of unbranched alkanes of at least 4 members (excludes halogenated alkanes) is 1. The molecule has 0 bridgehead atoms. The molecule has 0 spiro atoms. The Hall–Kier alpha value is -2.15. The molecule has 194 valence electrons. The van der Waals surface area contributed by atoms with Gasteiger partial charge in [-0.3, -0.25) is 0 Å². The highest BCUT2D eigenvalue weighted by atomic mass is 31.1. The molecule has 0 radical (unpaired) electrons. The first-order valence-corrected chi connectivity index (χ1v) is 14.3. The van der Waals surface area contributed by atoms with Crippen LogP contribution in [0.2, 0.25) is 0 Å². The van der Waals surface area contributed by atoms with E-state index in [1.165, 1.54) is 5.56 Å².